The maximum absolute atomic E-state index is 12.8. The number of hydrogen-bond acceptors (Lipinski definition) is 4. The molecule has 1 atom stereocenters. The SMILES string of the molecule is Cc1c(CNC(=O)C2(C)Sc3ccccc3N(C)C2=O)cnn1C. The van der Waals surface area contributed by atoms with E-state index in [0.29, 0.717) is 6.54 Å². The van der Waals surface area contributed by atoms with Crippen LogP contribution in [0.3, 0.4) is 0 Å². The minimum absolute atomic E-state index is 0.216. The van der Waals surface area contributed by atoms with Gasteiger partial charge in [-0.2, -0.15) is 5.10 Å². The average Bonchev–Trinajstić information content (AvgIpc) is 2.89. The number of anilines is 1. The number of nitrogens with zero attached hydrogens (tertiary/aromatic N) is 3. The third-order valence-electron chi connectivity index (χ3n) is 4.46. The van der Waals surface area contributed by atoms with Gasteiger partial charge in [-0.3, -0.25) is 14.3 Å². The van der Waals surface area contributed by atoms with E-state index in [2.05, 4.69) is 10.4 Å². The van der Waals surface area contributed by atoms with Crippen LogP contribution in [0, 0.1) is 6.92 Å². The third-order valence-corrected chi connectivity index (χ3v) is 5.80. The molecule has 126 valence electrons. The number of hydrogen-bond donors (Lipinski definition) is 1. The Morgan fingerprint density at radius 2 is 2.04 bits per heavy atom. The number of para-hydroxylation sites is 1. The number of carbonyl (C=O) groups excluding carboxylic acids is 2. The van der Waals surface area contributed by atoms with Crippen LogP contribution < -0.4 is 10.2 Å². The first-order valence-electron chi connectivity index (χ1n) is 7.66. The summed E-state index contributed by atoms with van der Waals surface area (Å²) >= 11 is 1.30. The van der Waals surface area contributed by atoms with Crippen molar-refractivity contribution in [3.05, 3.63) is 41.7 Å². The van der Waals surface area contributed by atoms with E-state index < -0.39 is 4.75 Å². The zero-order chi connectivity index (χ0) is 17.5. The Kier molecular flexibility index (Phi) is 4.13. The molecule has 2 heterocycles. The second-order valence-electron chi connectivity index (χ2n) is 6.03. The zero-order valence-corrected chi connectivity index (χ0v) is 15.0. The lowest BCUT2D eigenvalue weighted by Crippen LogP contribution is -2.55. The lowest BCUT2D eigenvalue weighted by atomic mass is 10.1. The van der Waals surface area contributed by atoms with Gasteiger partial charge in [0, 0.05) is 36.8 Å². The van der Waals surface area contributed by atoms with E-state index in [-0.39, 0.29) is 11.8 Å². The molecule has 0 fully saturated rings. The largest absolute Gasteiger partial charge is 0.350 e. The van der Waals surface area contributed by atoms with Crippen LogP contribution in [0.5, 0.6) is 0 Å². The normalized spacial score (nSPS) is 20.0. The molecule has 2 aromatic rings. The second-order valence-corrected chi connectivity index (χ2v) is 7.49. The topological polar surface area (TPSA) is 67.2 Å². The van der Waals surface area contributed by atoms with Gasteiger partial charge in [0.1, 0.15) is 0 Å². The molecular formula is C17H20N4O2S. The van der Waals surface area contributed by atoms with Gasteiger partial charge in [0.2, 0.25) is 5.91 Å². The molecule has 1 aliphatic heterocycles. The molecule has 1 aromatic carbocycles. The third kappa shape index (κ3) is 2.58. The van der Waals surface area contributed by atoms with Crippen molar-refractivity contribution >= 4 is 29.3 Å². The van der Waals surface area contributed by atoms with Crippen LogP contribution in [0.2, 0.25) is 0 Å². The van der Waals surface area contributed by atoms with Crippen molar-refractivity contribution in [2.75, 3.05) is 11.9 Å². The van der Waals surface area contributed by atoms with Crippen molar-refractivity contribution in [2.24, 2.45) is 7.05 Å². The number of nitrogens with one attached hydrogen (secondary N) is 1. The van der Waals surface area contributed by atoms with E-state index >= 15 is 0 Å². The Hall–Kier alpha value is -2.28. The molecule has 0 saturated heterocycles. The first-order chi connectivity index (χ1) is 11.3. The van der Waals surface area contributed by atoms with Gasteiger partial charge in [0.05, 0.1) is 11.9 Å². The molecule has 0 saturated carbocycles. The van der Waals surface area contributed by atoms with Gasteiger partial charge >= 0.3 is 0 Å². The van der Waals surface area contributed by atoms with Crippen LogP contribution in [-0.2, 0) is 23.2 Å². The number of benzene rings is 1. The lowest BCUT2D eigenvalue weighted by molar-refractivity contribution is -0.131. The Morgan fingerprint density at radius 3 is 2.71 bits per heavy atom. The number of aromatic nitrogens is 2. The van der Waals surface area contributed by atoms with Crippen molar-refractivity contribution in [1.82, 2.24) is 15.1 Å². The van der Waals surface area contributed by atoms with E-state index in [1.807, 2.05) is 38.2 Å². The molecule has 0 aliphatic carbocycles. The summed E-state index contributed by atoms with van der Waals surface area (Å²) in [5, 5.41) is 7.05. The first kappa shape index (κ1) is 16.6. The monoisotopic (exact) mass is 344 g/mol. The fraction of sp³-hybridized carbons (Fsp3) is 0.353. The highest BCUT2D eigenvalue weighted by Crippen LogP contribution is 2.44. The zero-order valence-electron chi connectivity index (χ0n) is 14.2. The average molecular weight is 344 g/mol. The van der Waals surface area contributed by atoms with Crippen LogP contribution in [0.15, 0.2) is 35.4 Å². The number of amides is 2. The van der Waals surface area contributed by atoms with Crippen LogP contribution in [-0.4, -0.2) is 33.4 Å². The predicted molar refractivity (Wildman–Crippen MR) is 93.9 cm³/mol. The molecule has 24 heavy (non-hydrogen) atoms. The molecule has 1 aromatic heterocycles. The quantitative estimate of drug-likeness (QED) is 0.863. The fourth-order valence-electron chi connectivity index (χ4n) is 2.72. The summed E-state index contributed by atoms with van der Waals surface area (Å²) in [5.41, 5.74) is 2.77. The molecule has 0 spiro atoms. The van der Waals surface area contributed by atoms with Crippen LogP contribution in [0.4, 0.5) is 5.69 Å². The summed E-state index contributed by atoms with van der Waals surface area (Å²) in [5.74, 6) is -0.506. The van der Waals surface area contributed by atoms with Gasteiger partial charge in [-0.05, 0) is 26.0 Å². The maximum atomic E-state index is 12.8. The maximum Gasteiger partial charge on any atom is 0.252 e. The highest BCUT2D eigenvalue weighted by molar-refractivity contribution is 8.02. The molecule has 6 nitrogen and oxygen atoms in total. The van der Waals surface area contributed by atoms with Crippen LogP contribution in [0.1, 0.15) is 18.2 Å². The highest BCUT2D eigenvalue weighted by Gasteiger charge is 2.48. The van der Waals surface area contributed by atoms with E-state index in [0.717, 1.165) is 21.8 Å². The minimum Gasteiger partial charge on any atom is -0.350 e. The van der Waals surface area contributed by atoms with Crippen molar-refractivity contribution < 1.29 is 9.59 Å². The van der Waals surface area contributed by atoms with E-state index in [1.165, 1.54) is 11.8 Å². The fourth-order valence-corrected chi connectivity index (χ4v) is 4.00. The summed E-state index contributed by atoms with van der Waals surface area (Å²) in [6, 6.07) is 7.61. The number of aryl methyl sites for hydroxylation is 1. The van der Waals surface area contributed by atoms with Crippen LogP contribution in [0.25, 0.3) is 0 Å². The van der Waals surface area contributed by atoms with Crippen molar-refractivity contribution in [3.8, 4) is 0 Å². The van der Waals surface area contributed by atoms with Gasteiger partial charge in [0.25, 0.3) is 5.91 Å². The molecule has 3 rings (SSSR count). The molecule has 0 bridgehead atoms. The predicted octanol–water partition coefficient (Wildman–Crippen LogP) is 1.87. The Bertz CT molecular complexity index is 817. The molecule has 0 radical (unpaired) electrons. The Balaban J connectivity index is 1.81. The van der Waals surface area contributed by atoms with Crippen LogP contribution >= 0.6 is 11.8 Å². The Labute approximate surface area is 145 Å². The molecule has 1 unspecified atom stereocenters. The smallest absolute Gasteiger partial charge is 0.252 e. The number of thioether (sulfide) groups is 1. The van der Waals surface area contributed by atoms with E-state index in [1.54, 1.807) is 29.7 Å². The first-order valence-corrected chi connectivity index (χ1v) is 8.48. The molecule has 1 aliphatic rings. The number of rotatable bonds is 3. The van der Waals surface area contributed by atoms with Gasteiger partial charge in [0.15, 0.2) is 4.75 Å². The van der Waals surface area contributed by atoms with Crippen molar-refractivity contribution in [2.45, 2.75) is 30.0 Å². The summed E-state index contributed by atoms with van der Waals surface area (Å²) in [6.07, 6.45) is 1.73. The number of carbonyl (C=O) groups is 2. The van der Waals surface area contributed by atoms with Gasteiger partial charge in [-0.1, -0.05) is 23.9 Å². The summed E-state index contributed by atoms with van der Waals surface area (Å²) in [4.78, 5) is 28.0. The summed E-state index contributed by atoms with van der Waals surface area (Å²) in [7, 11) is 3.56. The summed E-state index contributed by atoms with van der Waals surface area (Å²) in [6.45, 7) is 3.98. The molecule has 2 amide bonds. The van der Waals surface area contributed by atoms with Crippen molar-refractivity contribution in [3.63, 3.8) is 0 Å². The Morgan fingerprint density at radius 1 is 1.33 bits per heavy atom. The minimum atomic E-state index is -1.18. The van der Waals surface area contributed by atoms with Gasteiger partial charge < -0.3 is 10.2 Å². The molecular weight excluding hydrogens is 324 g/mol. The highest BCUT2D eigenvalue weighted by atomic mass is 32.2. The number of fused-ring (bicyclic) bond motifs is 1. The van der Waals surface area contributed by atoms with E-state index in [4.69, 9.17) is 0 Å². The molecule has 1 N–H and O–H groups in total. The summed E-state index contributed by atoms with van der Waals surface area (Å²) < 4.78 is 0.576. The van der Waals surface area contributed by atoms with Gasteiger partial charge in [-0.25, -0.2) is 0 Å². The molecule has 7 heteroatoms. The standard InChI is InChI=1S/C17H20N4O2S/c1-11-12(10-19-21(11)4)9-18-15(22)17(2)16(23)20(3)13-7-5-6-8-14(13)24-17/h5-8,10H,9H2,1-4H3,(H,18,22). The lowest BCUT2D eigenvalue weighted by Gasteiger charge is -2.36. The second kappa shape index (κ2) is 5.98. The van der Waals surface area contributed by atoms with Crippen molar-refractivity contribution in [1.29, 1.82) is 0 Å². The van der Waals surface area contributed by atoms with E-state index in [9.17, 15) is 9.59 Å². The van der Waals surface area contributed by atoms with Gasteiger partial charge in [-0.15, -0.1) is 0 Å².